The zero-order valence-corrected chi connectivity index (χ0v) is 14.0. The molecule has 0 aliphatic carbocycles. The molecule has 0 saturated carbocycles. The summed E-state index contributed by atoms with van der Waals surface area (Å²) < 4.78 is 11.4. The van der Waals surface area contributed by atoms with E-state index in [-0.39, 0.29) is 12.0 Å². The third-order valence-electron chi connectivity index (χ3n) is 4.20. The van der Waals surface area contributed by atoms with E-state index >= 15 is 0 Å². The fraction of sp³-hybridized carbons (Fsp3) is 0.350. The zero-order chi connectivity index (χ0) is 16.8. The van der Waals surface area contributed by atoms with Gasteiger partial charge in [0.2, 0.25) is 5.91 Å². The Balaban J connectivity index is 1.50. The molecule has 4 heteroatoms. The summed E-state index contributed by atoms with van der Waals surface area (Å²) in [6.07, 6.45) is 0.341. The molecule has 0 bridgehead atoms. The van der Waals surface area contributed by atoms with Gasteiger partial charge in [-0.3, -0.25) is 4.79 Å². The van der Waals surface area contributed by atoms with Crippen LogP contribution in [0, 0.1) is 6.92 Å². The van der Waals surface area contributed by atoms with Crippen LogP contribution < -0.4 is 4.74 Å². The number of benzene rings is 2. The van der Waals surface area contributed by atoms with Gasteiger partial charge in [0.25, 0.3) is 0 Å². The zero-order valence-electron chi connectivity index (χ0n) is 14.0. The Labute approximate surface area is 143 Å². The van der Waals surface area contributed by atoms with Crippen LogP contribution in [0.15, 0.2) is 54.6 Å². The van der Waals surface area contributed by atoms with Crippen LogP contribution in [-0.4, -0.2) is 37.1 Å². The lowest BCUT2D eigenvalue weighted by atomic mass is 10.1. The number of para-hydroxylation sites is 1. The van der Waals surface area contributed by atoms with Crippen molar-refractivity contribution in [1.82, 2.24) is 4.90 Å². The highest BCUT2D eigenvalue weighted by Gasteiger charge is 2.25. The quantitative estimate of drug-likeness (QED) is 0.846. The fourth-order valence-corrected chi connectivity index (χ4v) is 2.79. The summed E-state index contributed by atoms with van der Waals surface area (Å²) in [5.41, 5.74) is 2.35. The minimum atomic E-state index is -0.0432. The lowest BCUT2D eigenvalue weighted by molar-refractivity contribution is -0.139. The van der Waals surface area contributed by atoms with Gasteiger partial charge in [0.1, 0.15) is 11.9 Å². The number of aryl methyl sites for hydroxylation is 1. The number of hydrogen-bond donors (Lipinski definition) is 0. The first kappa shape index (κ1) is 16.5. The van der Waals surface area contributed by atoms with Crippen molar-refractivity contribution in [3.8, 4) is 5.75 Å². The number of hydrogen-bond acceptors (Lipinski definition) is 3. The van der Waals surface area contributed by atoms with E-state index in [0.717, 1.165) is 11.3 Å². The van der Waals surface area contributed by atoms with Crippen LogP contribution in [0.1, 0.15) is 23.7 Å². The highest BCUT2D eigenvalue weighted by molar-refractivity contribution is 5.76. The molecule has 1 atom stereocenters. The average Bonchev–Trinajstić information content (AvgIpc) is 2.63. The number of carbonyl (C=O) groups excluding carboxylic acids is 1. The van der Waals surface area contributed by atoms with Gasteiger partial charge < -0.3 is 14.4 Å². The van der Waals surface area contributed by atoms with Gasteiger partial charge in [0.15, 0.2) is 0 Å². The van der Waals surface area contributed by atoms with E-state index in [1.165, 1.54) is 5.56 Å². The topological polar surface area (TPSA) is 38.8 Å². The van der Waals surface area contributed by atoms with Crippen molar-refractivity contribution in [3.05, 3.63) is 65.7 Å². The van der Waals surface area contributed by atoms with Crippen molar-refractivity contribution in [2.75, 3.05) is 26.3 Å². The molecule has 0 aromatic heterocycles. The molecule has 1 amide bonds. The van der Waals surface area contributed by atoms with E-state index in [4.69, 9.17) is 9.47 Å². The van der Waals surface area contributed by atoms with Gasteiger partial charge >= 0.3 is 0 Å². The molecule has 1 aliphatic heterocycles. The SMILES string of the molecule is Cc1ccc(C2CN(C(=O)CCOc3ccccc3)CCO2)cc1. The lowest BCUT2D eigenvalue weighted by Gasteiger charge is -2.33. The van der Waals surface area contributed by atoms with E-state index in [1.54, 1.807) is 0 Å². The van der Waals surface area contributed by atoms with Crippen molar-refractivity contribution in [3.63, 3.8) is 0 Å². The largest absolute Gasteiger partial charge is 0.493 e. The second kappa shape index (κ2) is 7.97. The summed E-state index contributed by atoms with van der Waals surface area (Å²) in [4.78, 5) is 14.3. The molecular formula is C20H23NO3. The normalized spacial score (nSPS) is 17.5. The molecule has 2 aromatic carbocycles. The number of rotatable bonds is 5. The van der Waals surface area contributed by atoms with Crippen LogP contribution in [0.25, 0.3) is 0 Å². The summed E-state index contributed by atoms with van der Waals surface area (Å²) in [5, 5.41) is 0. The standard InChI is InChI=1S/C20H23NO3/c1-16-7-9-17(10-8-16)19-15-21(12-14-24-19)20(22)11-13-23-18-5-3-2-4-6-18/h2-10,19H,11-15H2,1H3. The number of carbonyl (C=O) groups is 1. The van der Waals surface area contributed by atoms with Gasteiger partial charge in [-0.2, -0.15) is 0 Å². The molecule has 1 fully saturated rings. The second-order valence-electron chi connectivity index (χ2n) is 6.02. The molecule has 1 unspecified atom stereocenters. The van der Waals surface area contributed by atoms with E-state index in [1.807, 2.05) is 35.2 Å². The third kappa shape index (κ3) is 4.36. The molecule has 4 nitrogen and oxygen atoms in total. The maximum absolute atomic E-state index is 12.4. The van der Waals surface area contributed by atoms with Crippen LogP contribution in [0.4, 0.5) is 0 Å². The van der Waals surface area contributed by atoms with Crippen molar-refractivity contribution in [1.29, 1.82) is 0 Å². The predicted molar refractivity (Wildman–Crippen MR) is 93.0 cm³/mol. The Bertz CT molecular complexity index is 654. The van der Waals surface area contributed by atoms with E-state index < -0.39 is 0 Å². The summed E-state index contributed by atoms with van der Waals surface area (Å²) in [6, 6.07) is 17.9. The molecule has 1 aliphatic rings. The second-order valence-corrected chi connectivity index (χ2v) is 6.02. The number of ether oxygens (including phenoxy) is 2. The van der Waals surface area contributed by atoms with Gasteiger partial charge in [0, 0.05) is 6.54 Å². The predicted octanol–water partition coefficient (Wildman–Crippen LogP) is 3.36. The van der Waals surface area contributed by atoms with Gasteiger partial charge in [0.05, 0.1) is 26.2 Å². The summed E-state index contributed by atoms with van der Waals surface area (Å²) in [5.74, 6) is 0.913. The van der Waals surface area contributed by atoms with Crippen molar-refractivity contribution in [2.24, 2.45) is 0 Å². The highest BCUT2D eigenvalue weighted by Crippen LogP contribution is 2.23. The monoisotopic (exact) mass is 325 g/mol. The van der Waals surface area contributed by atoms with Crippen LogP contribution in [0.5, 0.6) is 5.75 Å². The molecule has 0 N–H and O–H groups in total. The molecule has 24 heavy (non-hydrogen) atoms. The maximum atomic E-state index is 12.4. The maximum Gasteiger partial charge on any atom is 0.226 e. The molecule has 3 rings (SSSR count). The van der Waals surface area contributed by atoms with Crippen molar-refractivity contribution < 1.29 is 14.3 Å². The Morgan fingerprint density at radius 2 is 1.92 bits per heavy atom. The number of morpholine rings is 1. The first-order chi connectivity index (χ1) is 11.7. The minimum absolute atomic E-state index is 0.0432. The Hall–Kier alpha value is -2.33. The first-order valence-electron chi connectivity index (χ1n) is 8.36. The Morgan fingerprint density at radius 1 is 1.17 bits per heavy atom. The van der Waals surface area contributed by atoms with Crippen molar-refractivity contribution in [2.45, 2.75) is 19.4 Å². The van der Waals surface area contributed by atoms with E-state index in [0.29, 0.717) is 32.7 Å². The van der Waals surface area contributed by atoms with Crippen molar-refractivity contribution >= 4 is 5.91 Å². The van der Waals surface area contributed by atoms with Gasteiger partial charge in [-0.1, -0.05) is 48.0 Å². The van der Waals surface area contributed by atoms with Crippen LogP contribution in [0.3, 0.4) is 0 Å². The molecular weight excluding hydrogens is 302 g/mol. The third-order valence-corrected chi connectivity index (χ3v) is 4.20. The lowest BCUT2D eigenvalue weighted by Crippen LogP contribution is -2.42. The average molecular weight is 325 g/mol. The molecule has 1 heterocycles. The Morgan fingerprint density at radius 3 is 2.67 bits per heavy atom. The minimum Gasteiger partial charge on any atom is -0.493 e. The first-order valence-corrected chi connectivity index (χ1v) is 8.36. The summed E-state index contributed by atoms with van der Waals surface area (Å²) in [6.45, 7) is 4.28. The number of nitrogens with zero attached hydrogens (tertiary/aromatic N) is 1. The van der Waals surface area contributed by atoms with Gasteiger partial charge in [-0.05, 0) is 24.6 Å². The smallest absolute Gasteiger partial charge is 0.226 e. The molecule has 1 saturated heterocycles. The van der Waals surface area contributed by atoms with Gasteiger partial charge in [-0.25, -0.2) is 0 Å². The fourth-order valence-electron chi connectivity index (χ4n) is 2.79. The molecule has 0 radical (unpaired) electrons. The van der Waals surface area contributed by atoms with Crippen LogP contribution >= 0.6 is 0 Å². The van der Waals surface area contributed by atoms with Crippen LogP contribution in [-0.2, 0) is 9.53 Å². The van der Waals surface area contributed by atoms with E-state index in [9.17, 15) is 4.79 Å². The van der Waals surface area contributed by atoms with Gasteiger partial charge in [-0.15, -0.1) is 0 Å². The summed E-state index contributed by atoms with van der Waals surface area (Å²) >= 11 is 0. The molecule has 2 aromatic rings. The molecule has 0 spiro atoms. The molecule has 126 valence electrons. The summed E-state index contributed by atoms with van der Waals surface area (Å²) in [7, 11) is 0. The van der Waals surface area contributed by atoms with Crippen LogP contribution in [0.2, 0.25) is 0 Å². The highest BCUT2D eigenvalue weighted by atomic mass is 16.5. The number of amides is 1. The Kier molecular flexibility index (Phi) is 5.49. The van der Waals surface area contributed by atoms with E-state index in [2.05, 4.69) is 31.2 Å².